The van der Waals surface area contributed by atoms with Gasteiger partial charge in [-0.05, 0) is 60.5 Å². The van der Waals surface area contributed by atoms with Crippen LogP contribution < -0.4 is 16.1 Å². The number of aromatic amines is 1. The number of carboxylic acids is 1. The molecule has 0 saturated heterocycles. The smallest absolute Gasteiger partial charge is 0.337 e. The van der Waals surface area contributed by atoms with Crippen molar-refractivity contribution in [3.05, 3.63) is 97.4 Å². The van der Waals surface area contributed by atoms with E-state index in [0.717, 1.165) is 6.42 Å². The maximum atomic E-state index is 12.9. The van der Waals surface area contributed by atoms with Gasteiger partial charge in [-0.25, -0.2) is 9.48 Å². The minimum Gasteiger partial charge on any atom is -0.478 e. The average molecular weight is 435 g/mol. The molecule has 4 rings (SSSR count). The summed E-state index contributed by atoms with van der Waals surface area (Å²) in [5.41, 5.74) is 2.21. The molecule has 156 valence electrons. The Morgan fingerprint density at radius 2 is 1.94 bits per heavy atom. The van der Waals surface area contributed by atoms with Crippen LogP contribution in [0.5, 0.6) is 0 Å². The zero-order valence-electron chi connectivity index (χ0n) is 16.7. The van der Waals surface area contributed by atoms with Crippen molar-refractivity contribution in [1.29, 1.82) is 0 Å². The zero-order chi connectivity index (χ0) is 22.1. The number of nitrogens with zero attached hydrogens (tertiary/aromatic N) is 1. The van der Waals surface area contributed by atoms with Gasteiger partial charge in [0, 0.05) is 5.56 Å². The van der Waals surface area contributed by atoms with Crippen LogP contribution in [0.2, 0.25) is 5.02 Å². The van der Waals surface area contributed by atoms with Gasteiger partial charge in [0.1, 0.15) is 11.5 Å². The first-order valence-electron chi connectivity index (χ1n) is 9.61. The number of furan rings is 1. The molecule has 0 saturated carbocycles. The highest BCUT2D eigenvalue weighted by Gasteiger charge is 2.12. The molecule has 0 radical (unpaired) electrons. The standard InChI is InChI=1S/C24H19ClN2O4/c1-3-15-4-7-17(8-5-15)27-23(28)19(14(2)26-27)13-18-9-11-22(31-18)16-6-10-21(25)20(12-16)24(29)30/h4-13,26H,2-3H2,1H3,(H,29,30)/b19-13+. The second-order valence-corrected chi connectivity index (χ2v) is 7.42. The summed E-state index contributed by atoms with van der Waals surface area (Å²) in [6, 6.07) is 15.8. The lowest BCUT2D eigenvalue weighted by Crippen LogP contribution is -2.33. The molecule has 4 aromatic rings. The van der Waals surface area contributed by atoms with E-state index in [4.69, 9.17) is 16.0 Å². The molecule has 6 nitrogen and oxygen atoms in total. The molecular weight excluding hydrogens is 416 g/mol. The van der Waals surface area contributed by atoms with Crippen molar-refractivity contribution in [1.82, 2.24) is 9.78 Å². The number of H-pyrrole nitrogens is 1. The fraction of sp³-hybridized carbons (Fsp3) is 0.0833. The number of hydrogen-bond donors (Lipinski definition) is 2. The number of halogens is 1. The Morgan fingerprint density at radius 1 is 1.19 bits per heavy atom. The van der Waals surface area contributed by atoms with Gasteiger partial charge >= 0.3 is 5.97 Å². The van der Waals surface area contributed by atoms with Crippen LogP contribution in [0.25, 0.3) is 29.7 Å². The molecule has 0 atom stereocenters. The summed E-state index contributed by atoms with van der Waals surface area (Å²) in [6.45, 7) is 6.00. The van der Waals surface area contributed by atoms with Crippen molar-refractivity contribution < 1.29 is 14.3 Å². The summed E-state index contributed by atoms with van der Waals surface area (Å²) in [4.78, 5) is 24.2. The highest BCUT2D eigenvalue weighted by molar-refractivity contribution is 6.33. The van der Waals surface area contributed by atoms with Crippen LogP contribution in [0.1, 0.15) is 28.6 Å². The monoisotopic (exact) mass is 434 g/mol. The third-order valence-corrected chi connectivity index (χ3v) is 5.33. The van der Waals surface area contributed by atoms with E-state index in [2.05, 4.69) is 18.6 Å². The summed E-state index contributed by atoms with van der Waals surface area (Å²) in [5.74, 6) is -0.218. The minimum absolute atomic E-state index is 0.0104. The molecule has 0 unspecified atom stereocenters. The molecule has 2 aromatic heterocycles. The summed E-state index contributed by atoms with van der Waals surface area (Å²) >= 11 is 5.93. The third-order valence-electron chi connectivity index (χ3n) is 5.00. The normalized spacial score (nSPS) is 11.7. The molecule has 0 bridgehead atoms. The fourth-order valence-electron chi connectivity index (χ4n) is 3.28. The van der Waals surface area contributed by atoms with Gasteiger partial charge in [-0.1, -0.05) is 37.2 Å². The maximum absolute atomic E-state index is 12.9. The first-order chi connectivity index (χ1) is 14.9. The Kier molecular flexibility index (Phi) is 5.40. The van der Waals surface area contributed by atoms with Crippen LogP contribution in [-0.4, -0.2) is 20.9 Å². The average Bonchev–Trinajstić information content (AvgIpc) is 3.34. The SMILES string of the molecule is C=c1[nH]n(-c2ccc(CC)cc2)c(=O)/c1=C/c1ccc(-c2ccc(Cl)c(C(=O)O)c2)o1. The highest BCUT2D eigenvalue weighted by atomic mass is 35.5. The molecule has 0 amide bonds. The van der Waals surface area contributed by atoms with E-state index in [1.54, 1.807) is 24.3 Å². The van der Waals surface area contributed by atoms with Crippen LogP contribution in [0.4, 0.5) is 0 Å². The van der Waals surface area contributed by atoms with Crippen LogP contribution >= 0.6 is 11.6 Å². The molecule has 31 heavy (non-hydrogen) atoms. The van der Waals surface area contributed by atoms with Crippen molar-refractivity contribution in [3.63, 3.8) is 0 Å². The van der Waals surface area contributed by atoms with Gasteiger partial charge in [-0.15, -0.1) is 0 Å². The van der Waals surface area contributed by atoms with Crippen LogP contribution in [0.15, 0.2) is 63.8 Å². The van der Waals surface area contributed by atoms with E-state index < -0.39 is 5.97 Å². The number of rotatable bonds is 5. The minimum atomic E-state index is -1.12. The van der Waals surface area contributed by atoms with Gasteiger partial charge in [-0.3, -0.25) is 9.89 Å². The van der Waals surface area contributed by atoms with E-state index in [-0.39, 0.29) is 16.1 Å². The largest absolute Gasteiger partial charge is 0.478 e. The van der Waals surface area contributed by atoms with E-state index in [1.807, 2.05) is 24.3 Å². The van der Waals surface area contributed by atoms with Crippen molar-refractivity contribution >= 4 is 30.2 Å². The Labute approximate surface area is 182 Å². The van der Waals surface area contributed by atoms with Crippen LogP contribution in [0, 0.1) is 0 Å². The lowest BCUT2D eigenvalue weighted by atomic mass is 10.1. The van der Waals surface area contributed by atoms with Crippen LogP contribution in [0.3, 0.4) is 0 Å². The van der Waals surface area contributed by atoms with Crippen molar-refractivity contribution in [2.75, 3.05) is 0 Å². The highest BCUT2D eigenvalue weighted by Crippen LogP contribution is 2.27. The molecule has 0 fully saturated rings. The van der Waals surface area contributed by atoms with E-state index in [9.17, 15) is 14.7 Å². The quantitative estimate of drug-likeness (QED) is 0.502. The first-order valence-corrected chi connectivity index (χ1v) is 9.99. The summed E-state index contributed by atoms with van der Waals surface area (Å²) in [6.07, 6.45) is 2.53. The Hall–Kier alpha value is -3.77. The van der Waals surface area contributed by atoms with Crippen molar-refractivity contribution in [3.8, 4) is 17.0 Å². The Morgan fingerprint density at radius 3 is 2.61 bits per heavy atom. The third kappa shape index (κ3) is 3.98. The van der Waals surface area contributed by atoms with Gasteiger partial charge in [0.25, 0.3) is 5.56 Å². The Balaban J connectivity index is 1.72. The number of hydrogen-bond acceptors (Lipinski definition) is 3. The molecule has 0 spiro atoms. The van der Waals surface area contributed by atoms with Gasteiger partial charge in [0.2, 0.25) is 0 Å². The second kappa shape index (κ2) is 8.16. The number of aromatic nitrogens is 2. The predicted molar refractivity (Wildman–Crippen MR) is 120 cm³/mol. The zero-order valence-corrected chi connectivity index (χ0v) is 17.4. The van der Waals surface area contributed by atoms with Crippen molar-refractivity contribution in [2.24, 2.45) is 0 Å². The van der Waals surface area contributed by atoms with Crippen molar-refractivity contribution in [2.45, 2.75) is 13.3 Å². The number of aryl methyl sites for hydroxylation is 1. The van der Waals surface area contributed by atoms with Gasteiger partial charge in [0.15, 0.2) is 0 Å². The molecule has 2 aromatic carbocycles. The number of aromatic carboxylic acids is 1. The molecular formula is C24H19ClN2O4. The maximum Gasteiger partial charge on any atom is 0.337 e. The summed E-state index contributed by atoms with van der Waals surface area (Å²) < 4.78 is 7.26. The second-order valence-electron chi connectivity index (χ2n) is 7.01. The fourth-order valence-corrected chi connectivity index (χ4v) is 3.48. The lowest BCUT2D eigenvalue weighted by Gasteiger charge is -2.02. The van der Waals surface area contributed by atoms with Gasteiger partial charge in [0.05, 0.1) is 26.8 Å². The summed E-state index contributed by atoms with van der Waals surface area (Å²) in [7, 11) is 0. The van der Waals surface area contributed by atoms with E-state index >= 15 is 0 Å². The first kappa shape index (κ1) is 20.5. The van der Waals surface area contributed by atoms with E-state index in [1.165, 1.54) is 22.4 Å². The topological polar surface area (TPSA) is 88.2 Å². The lowest BCUT2D eigenvalue weighted by molar-refractivity contribution is 0.0697. The number of carbonyl (C=O) groups is 1. The number of carboxylic acid groups (broad SMARTS) is 1. The number of nitrogens with one attached hydrogen (secondary N) is 1. The molecule has 0 aliphatic rings. The van der Waals surface area contributed by atoms with Crippen LogP contribution in [-0.2, 0) is 6.42 Å². The molecule has 0 aliphatic heterocycles. The van der Waals surface area contributed by atoms with Gasteiger partial charge in [-0.2, -0.15) is 0 Å². The Bertz CT molecular complexity index is 1440. The molecule has 7 heteroatoms. The summed E-state index contributed by atoms with van der Waals surface area (Å²) in [5, 5.41) is 13.2. The van der Waals surface area contributed by atoms with E-state index in [0.29, 0.717) is 33.3 Å². The predicted octanol–water partition coefficient (Wildman–Crippen LogP) is 3.58. The molecule has 0 aliphatic carbocycles. The molecule has 2 heterocycles. The van der Waals surface area contributed by atoms with Gasteiger partial charge < -0.3 is 9.52 Å². The molecule has 2 N–H and O–H groups in total. The number of benzene rings is 2.